The fourth-order valence-electron chi connectivity index (χ4n) is 2.77. The largest absolute Gasteiger partial charge is 0.464 e. The lowest BCUT2D eigenvalue weighted by Gasteiger charge is -2.14. The minimum absolute atomic E-state index is 0.111. The summed E-state index contributed by atoms with van der Waals surface area (Å²) in [5.74, 6) is 0. The average molecular weight is 227 g/mol. The van der Waals surface area contributed by atoms with Crippen LogP contribution in [0.25, 0.3) is 21.9 Å². The van der Waals surface area contributed by atoms with Crippen molar-refractivity contribution in [1.29, 1.82) is 0 Å². The maximum atomic E-state index is 5.95. The maximum Gasteiger partial charge on any atom is 0.138 e. The summed E-state index contributed by atoms with van der Waals surface area (Å²) in [5.41, 5.74) is 9.20. The molecule has 2 heterocycles. The molecule has 3 nitrogen and oxygen atoms in total. The van der Waals surface area contributed by atoms with Crippen molar-refractivity contribution in [2.45, 2.75) is 18.3 Å². The molecular formula is C14H13NO2. The van der Waals surface area contributed by atoms with E-state index in [0.717, 1.165) is 34.8 Å². The van der Waals surface area contributed by atoms with Crippen LogP contribution >= 0.6 is 0 Å². The summed E-state index contributed by atoms with van der Waals surface area (Å²) < 4.78 is 11.2. The van der Waals surface area contributed by atoms with Gasteiger partial charge in [0.1, 0.15) is 11.2 Å². The van der Waals surface area contributed by atoms with Gasteiger partial charge in [0, 0.05) is 28.3 Å². The first-order valence-electron chi connectivity index (χ1n) is 5.92. The molecule has 1 aliphatic rings. The van der Waals surface area contributed by atoms with Crippen molar-refractivity contribution in [2.75, 3.05) is 6.54 Å². The Bertz CT molecular complexity index is 654. The Hall–Kier alpha value is -1.74. The molecule has 2 aromatic heterocycles. The van der Waals surface area contributed by atoms with Crippen LogP contribution in [0.1, 0.15) is 18.4 Å². The molecule has 0 saturated heterocycles. The highest BCUT2D eigenvalue weighted by Crippen LogP contribution is 2.52. The van der Waals surface area contributed by atoms with E-state index in [0.29, 0.717) is 6.54 Å². The van der Waals surface area contributed by atoms with Crippen LogP contribution in [0.5, 0.6) is 0 Å². The first kappa shape index (κ1) is 9.31. The number of fused-ring (bicyclic) bond motifs is 2. The van der Waals surface area contributed by atoms with Crippen molar-refractivity contribution in [2.24, 2.45) is 5.73 Å². The molecule has 2 N–H and O–H groups in total. The van der Waals surface area contributed by atoms with E-state index < -0.39 is 0 Å². The minimum atomic E-state index is 0.111. The van der Waals surface area contributed by atoms with Crippen LogP contribution in [0.4, 0.5) is 0 Å². The van der Waals surface area contributed by atoms with Crippen molar-refractivity contribution in [3.63, 3.8) is 0 Å². The normalized spacial score (nSPS) is 17.9. The van der Waals surface area contributed by atoms with Crippen LogP contribution in [-0.4, -0.2) is 6.54 Å². The van der Waals surface area contributed by atoms with E-state index in [1.807, 2.05) is 18.2 Å². The molecular weight excluding hydrogens is 214 g/mol. The van der Waals surface area contributed by atoms with Crippen LogP contribution in [0, 0.1) is 0 Å². The standard InChI is InChI=1S/C14H13NO2/c15-8-14(3-4-14)12-10-2-6-16-11(10)7-9-1-5-17-13(9)12/h1-2,5-7H,3-4,8,15H2. The molecule has 17 heavy (non-hydrogen) atoms. The van der Waals surface area contributed by atoms with Gasteiger partial charge in [0.05, 0.1) is 12.5 Å². The highest BCUT2D eigenvalue weighted by Gasteiger charge is 2.46. The number of hydrogen-bond donors (Lipinski definition) is 1. The van der Waals surface area contributed by atoms with Gasteiger partial charge in [-0.15, -0.1) is 0 Å². The van der Waals surface area contributed by atoms with Gasteiger partial charge in [-0.2, -0.15) is 0 Å². The van der Waals surface area contributed by atoms with Crippen LogP contribution < -0.4 is 5.73 Å². The van der Waals surface area contributed by atoms with E-state index in [-0.39, 0.29) is 5.41 Å². The summed E-state index contributed by atoms with van der Waals surface area (Å²) in [6.07, 6.45) is 5.76. The van der Waals surface area contributed by atoms with Crippen molar-refractivity contribution in [3.8, 4) is 0 Å². The molecule has 0 spiro atoms. The van der Waals surface area contributed by atoms with Crippen molar-refractivity contribution < 1.29 is 8.83 Å². The number of furan rings is 2. The van der Waals surface area contributed by atoms with E-state index in [1.54, 1.807) is 12.5 Å². The zero-order chi connectivity index (χ0) is 11.5. The van der Waals surface area contributed by atoms with Crippen LogP contribution in [0.3, 0.4) is 0 Å². The molecule has 1 aliphatic carbocycles. The summed E-state index contributed by atoms with van der Waals surface area (Å²) in [7, 11) is 0. The van der Waals surface area contributed by atoms with Gasteiger partial charge in [0.25, 0.3) is 0 Å². The van der Waals surface area contributed by atoms with Gasteiger partial charge in [0.2, 0.25) is 0 Å². The smallest absolute Gasteiger partial charge is 0.138 e. The zero-order valence-electron chi connectivity index (χ0n) is 9.40. The molecule has 0 unspecified atom stereocenters. The summed E-state index contributed by atoms with van der Waals surface area (Å²) in [4.78, 5) is 0. The second kappa shape index (κ2) is 2.93. The second-order valence-corrected chi connectivity index (χ2v) is 4.91. The number of benzene rings is 1. The minimum Gasteiger partial charge on any atom is -0.464 e. The van der Waals surface area contributed by atoms with Crippen molar-refractivity contribution in [3.05, 3.63) is 36.3 Å². The monoisotopic (exact) mass is 227 g/mol. The molecule has 1 aromatic carbocycles. The SMILES string of the molecule is NCC1(c2c3ccoc3cc3ccoc23)CC1. The maximum absolute atomic E-state index is 5.95. The second-order valence-electron chi connectivity index (χ2n) is 4.91. The van der Waals surface area contributed by atoms with Gasteiger partial charge in [-0.05, 0) is 31.0 Å². The molecule has 3 aromatic rings. The van der Waals surface area contributed by atoms with Gasteiger partial charge in [0.15, 0.2) is 0 Å². The van der Waals surface area contributed by atoms with E-state index in [1.165, 1.54) is 5.56 Å². The van der Waals surface area contributed by atoms with Gasteiger partial charge in [-0.3, -0.25) is 0 Å². The predicted octanol–water partition coefficient (Wildman–Crippen LogP) is 3.17. The van der Waals surface area contributed by atoms with Crippen LogP contribution in [-0.2, 0) is 5.41 Å². The third-order valence-electron chi connectivity index (χ3n) is 3.95. The Morgan fingerprint density at radius 2 is 2.00 bits per heavy atom. The molecule has 0 amide bonds. The quantitative estimate of drug-likeness (QED) is 0.731. The Morgan fingerprint density at radius 1 is 1.18 bits per heavy atom. The number of hydrogen-bond acceptors (Lipinski definition) is 3. The lowest BCUT2D eigenvalue weighted by Crippen LogP contribution is -2.20. The van der Waals surface area contributed by atoms with Crippen molar-refractivity contribution >= 4 is 21.9 Å². The van der Waals surface area contributed by atoms with E-state index in [9.17, 15) is 0 Å². The van der Waals surface area contributed by atoms with Crippen LogP contribution in [0.2, 0.25) is 0 Å². The van der Waals surface area contributed by atoms with Gasteiger partial charge >= 0.3 is 0 Å². The highest BCUT2D eigenvalue weighted by atomic mass is 16.3. The molecule has 0 bridgehead atoms. The first-order valence-corrected chi connectivity index (χ1v) is 5.92. The molecule has 1 saturated carbocycles. The third kappa shape index (κ3) is 1.09. The van der Waals surface area contributed by atoms with Gasteiger partial charge in [-0.1, -0.05) is 0 Å². The molecule has 3 heteroatoms. The fourth-order valence-corrected chi connectivity index (χ4v) is 2.77. The zero-order valence-corrected chi connectivity index (χ0v) is 9.40. The summed E-state index contributed by atoms with van der Waals surface area (Å²) >= 11 is 0. The lowest BCUT2D eigenvalue weighted by molar-refractivity contribution is 0.597. The molecule has 0 aliphatic heterocycles. The van der Waals surface area contributed by atoms with E-state index in [4.69, 9.17) is 14.6 Å². The third-order valence-corrected chi connectivity index (χ3v) is 3.95. The molecule has 86 valence electrons. The fraction of sp³-hybridized carbons (Fsp3) is 0.286. The lowest BCUT2D eigenvalue weighted by atomic mass is 9.91. The Kier molecular flexibility index (Phi) is 1.60. The van der Waals surface area contributed by atoms with Crippen molar-refractivity contribution in [1.82, 2.24) is 0 Å². The highest BCUT2D eigenvalue weighted by molar-refractivity contribution is 5.99. The predicted molar refractivity (Wildman–Crippen MR) is 66.0 cm³/mol. The Morgan fingerprint density at radius 3 is 2.76 bits per heavy atom. The number of rotatable bonds is 2. The average Bonchev–Trinajstić information content (AvgIpc) is 2.77. The van der Waals surface area contributed by atoms with E-state index in [2.05, 4.69) is 0 Å². The Balaban J connectivity index is 2.19. The molecule has 0 atom stereocenters. The first-order chi connectivity index (χ1) is 8.34. The Labute approximate surface area is 98.2 Å². The van der Waals surface area contributed by atoms with Gasteiger partial charge in [-0.25, -0.2) is 0 Å². The summed E-state index contributed by atoms with van der Waals surface area (Å²) in [6.45, 7) is 0.674. The summed E-state index contributed by atoms with van der Waals surface area (Å²) in [5, 5.41) is 2.25. The molecule has 0 radical (unpaired) electrons. The molecule has 1 fully saturated rings. The number of nitrogens with two attached hydrogens (primary N) is 1. The topological polar surface area (TPSA) is 52.3 Å². The van der Waals surface area contributed by atoms with Crippen LogP contribution in [0.15, 0.2) is 39.6 Å². The molecule has 4 rings (SSSR count). The summed E-state index contributed by atoms with van der Waals surface area (Å²) in [6, 6.07) is 6.03. The van der Waals surface area contributed by atoms with E-state index >= 15 is 0 Å². The van der Waals surface area contributed by atoms with Gasteiger partial charge < -0.3 is 14.6 Å².